The van der Waals surface area contributed by atoms with Crippen LogP contribution < -0.4 is 10.6 Å². The van der Waals surface area contributed by atoms with Gasteiger partial charge in [0.1, 0.15) is 6.54 Å². The summed E-state index contributed by atoms with van der Waals surface area (Å²) >= 11 is 5.87. The van der Waals surface area contributed by atoms with Gasteiger partial charge in [-0.3, -0.25) is 9.59 Å². The summed E-state index contributed by atoms with van der Waals surface area (Å²) in [7, 11) is 0. The number of rotatable bonds is 6. The first-order valence-electron chi connectivity index (χ1n) is 5.98. The summed E-state index contributed by atoms with van der Waals surface area (Å²) in [4.78, 5) is 24.4. The second-order valence-corrected chi connectivity index (χ2v) is 4.58. The number of nitrogens with zero attached hydrogens (tertiary/aromatic N) is 1. The number of benzene rings is 1. The maximum Gasteiger partial charge on any atom is 0.323 e. The lowest BCUT2D eigenvalue weighted by Crippen LogP contribution is -2.42. The minimum Gasteiger partial charge on any atom is -0.480 e. The standard InChI is InChI=1S/C13H17ClN2O3/c1-2-9(7-15)13(19)16(8-12(17)18)11-5-3-4-10(14)6-11/h3-6,9H,2,7-8,15H2,1H3,(H,17,18). The van der Waals surface area contributed by atoms with Crippen molar-refractivity contribution in [1.82, 2.24) is 0 Å². The fourth-order valence-electron chi connectivity index (χ4n) is 1.74. The molecule has 6 heteroatoms. The Balaban J connectivity index is 3.07. The maximum atomic E-state index is 12.3. The van der Waals surface area contributed by atoms with E-state index in [4.69, 9.17) is 22.4 Å². The Morgan fingerprint density at radius 2 is 2.16 bits per heavy atom. The summed E-state index contributed by atoms with van der Waals surface area (Å²) in [5.74, 6) is -1.77. The second kappa shape index (κ2) is 7.11. The van der Waals surface area contributed by atoms with E-state index in [0.29, 0.717) is 17.1 Å². The molecule has 1 aromatic carbocycles. The molecule has 0 heterocycles. The Morgan fingerprint density at radius 3 is 2.63 bits per heavy atom. The zero-order chi connectivity index (χ0) is 14.4. The molecular formula is C13H17ClN2O3. The van der Waals surface area contributed by atoms with Crippen molar-refractivity contribution >= 4 is 29.2 Å². The van der Waals surface area contributed by atoms with Gasteiger partial charge in [-0.05, 0) is 24.6 Å². The van der Waals surface area contributed by atoms with Crippen molar-refractivity contribution in [3.8, 4) is 0 Å². The van der Waals surface area contributed by atoms with Gasteiger partial charge in [0.2, 0.25) is 5.91 Å². The predicted octanol–water partition coefficient (Wildman–Crippen LogP) is 1.74. The molecule has 0 aliphatic heterocycles. The molecule has 0 spiro atoms. The van der Waals surface area contributed by atoms with E-state index in [1.54, 1.807) is 24.3 Å². The summed E-state index contributed by atoms with van der Waals surface area (Å²) in [5.41, 5.74) is 6.00. The molecule has 3 N–H and O–H groups in total. The molecule has 1 amide bonds. The Hall–Kier alpha value is -1.59. The molecule has 1 atom stereocenters. The van der Waals surface area contributed by atoms with E-state index in [1.807, 2.05) is 6.92 Å². The number of carboxylic acid groups (broad SMARTS) is 1. The average Bonchev–Trinajstić information content (AvgIpc) is 2.37. The van der Waals surface area contributed by atoms with Gasteiger partial charge in [-0.2, -0.15) is 0 Å². The molecule has 0 fully saturated rings. The van der Waals surface area contributed by atoms with Gasteiger partial charge in [0, 0.05) is 17.3 Å². The normalized spacial score (nSPS) is 11.9. The van der Waals surface area contributed by atoms with Crippen LogP contribution in [0.4, 0.5) is 5.69 Å². The fourth-order valence-corrected chi connectivity index (χ4v) is 1.92. The van der Waals surface area contributed by atoms with Crippen molar-refractivity contribution in [2.24, 2.45) is 11.7 Å². The van der Waals surface area contributed by atoms with Crippen molar-refractivity contribution in [3.05, 3.63) is 29.3 Å². The number of hydrogen-bond acceptors (Lipinski definition) is 3. The third-order valence-electron chi connectivity index (χ3n) is 2.81. The lowest BCUT2D eigenvalue weighted by Gasteiger charge is -2.25. The molecule has 0 radical (unpaired) electrons. The average molecular weight is 285 g/mol. The predicted molar refractivity (Wildman–Crippen MR) is 74.3 cm³/mol. The first-order chi connectivity index (χ1) is 8.99. The van der Waals surface area contributed by atoms with E-state index in [0.717, 1.165) is 0 Å². The number of nitrogens with two attached hydrogens (primary N) is 1. The van der Waals surface area contributed by atoms with Crippen LogP contribution in [-0.2, 0) is 9.59 Å². The third kappa shape index (κ3) is 4.22. The monoisotopic (exact) mass is 284 g/mol. The molecule has 0 aromatic heterocycles. The third-order valence-corrected chi connectivity index (χ3v) is 3.04. The van der Waals surface area contributed by atoms with Gasteiger partial charge in [0.25, 0.3) is 0 Å². The van der Waals surface area contributed by atoms with E-state index in [1.165, 1.54) is 4.90 Å². The van der Waals surface area contributed by atoms with Crippen LogP contribution in [0.15, 0.2) is 24.3 Å². The van der Waals surface area contributed by atoms with Crippen molar-refractivity contribution in [2.75, 3.05) is 18.0 Å². The summed E-state index contributed by atoms with van der Waals surface area (Å²) in [6.45, 7) is 1.62. The number of carbonyl (C=O) groups is 2. The number of hydrogen-bond donors (Lipinski definition) is 2. The minimum absolute atomic E-state index is 0.187. The molecule has 0 saturated heterocycles. The molecule has 1 aromatic rings. The van der Waals surface area contributed by atoms with E-state index in [2.05, 4.69) is 0 Å². The SMILES string of the molecule is CCC(CN)C(=O)N(CC(=O)O)c1cccc(Cl)c1. The van der Waals surface area contributed by atoms with Crippen LogP contribution in [0.1, 0.15) is 13.3 Å². The Kier molecular flexibility index (Phi) is 5.79. The van der Waals surface area contributed by atoms with Gasteiger partial charge in [0.05, 0.1) is 5.92 Å². The quantitative estimate of drug-likeness (QED) is 0.833. The molecule has 0 aliphatic rings. The van der Waals surface area contributed by atoms with Crippen molar-refractivity contribution in [1.29, 1.82) is 0 Å². The topological polar surface area (TPSA) is 83.6 Å². The first kappa shape index (κ1) is 15.5. The minimum atomic E-state index is -1.08. The first-order valence-corrected chi connectivity index (χ1v) is 6.36. The number of carboxylic acids is 1. The summed E-state index contributed by atoms with van der Waals surface area (Å²) in [6, 6.07) is 6.54. The van der Waals surface area contributed by atoms with Gasteiger partial charge in [0.15, 0.2) is 0 Å². The van der Waals surface area contributed by atoms with Crippen LogP contribution in [0, 0.1) is 5.92 Å². The maximum absolute atomic E-state index is 12.3. The molecule has 0 saturated carbocycles. The van der Waals surface area contributed by atoms with Gasteiger partial charge in [-0.25, -0.2) is 0 Å². The molecule has 1 rings (SSSR count). The van der Waals surface area contributed by atoms with E-state index in [9.17, 15) is 9.59 Å². The fraction of sp³-hybridized carbons (Fsp3) is 0.385. The lowest BCUT2D eigenvalue weighted by atomic mass is 10.0. The van der Waals surface area contributed by atoms with Gasteiger partial charge >= 0.3 is 5.97 Å². The van der Waals surface area contributed by atoms with E-state index >= 15 is 0 Å². The van der Waals surface area contributed by atoms with E-state index in [-0.39, 0.29) is 12.5 Å². The zero-order valence-corrected chi connectivity index (χ0v) is 11.4. The van der Waals surface area contributed by atoms with Gasteiger partial charge in [-0.15, -0.1) is 0 Å². The van der Waals surface area contributed by atoms with Crippen molar-refractivity contribution in [3.63, 3.8) is 0 Å². The molecule has 104 valence electrons. The van der Waals surface area contributed by atoms with Crippen LogP contribution >= 0.6 is 11.6 Å². The van der Waals surface area contributed by atoms with Crippen LogP contribution in [0.25, 0.3) is 0 Å². The highest BCUT2D eigenvalue weighted by Gasteiger charge is 2.25. The summed E-state index contributed by atoms with van der Waals surface area (Å²) in [6.07, 6.45) is 0.562. The highest BCUT2D eigenvalue weighted by Crippen LogP contribution is 2.21. The molecule has 0 aliphatic carbocycles. The Morgan fingerprint density at radius 1 is 1.47 bits per heavy atom. The second-order valence-electron chi connectivity index (χ2n) is 4.14. The highest BCUT2D eigenvalue weighted by atomic mass is 35.5. The van der Waals surface area contributed by atoms with Crippen LogP contribution in [0.2, 0.25) is 5.02 Å². The lowest BCUT2D eigenvalue weighted by molar-refractivity contribution is -0.137. The van der Waals surface area contributed by atoms with Crippen LogP contribution in [0.5, 0.6) is 0 Å². The summed E-state index contributed by atoms with van der Waals surface area (Å²) in [5, 5.41) is 9.38. The van der Waals surface area contributed by atoms with Gasteiger partial charge < -0.3 is 15.7 Å². The smallest absolute Gasteiger partial charge is 0.323 e. The number of halogens is 1. The van der Waals surface area contributed by atoms with E-state index < -0.39 is 18.4 Å². The number of carbonyl (C=O) groups excluding carboxylic acids is 1. The molecule has 0 bridgehead atoms. The zero-order valence-electron chi connectivity index (χ0n) is 10.7. The number of aliphatic carboxylic acids is 1. The molecule has 5 nitrogen and oxygen atoms in total. The van der Waals surface area contributed by atoms with Crippen molar-refractivity contribution < 1.29 is 14.7 Å². The Bertz CT molecular complexity index is 461. The van der Waals surface area contributed by atoms with Crippen LogP contribution in [0.3, 0.4) is 0 Å². The summed E-state index contributed by atoms with van der Waals surface area (Å²) < 4.78 is 0. The molecule has 19 heavy (non-hydrogen) atoms. The van der Waals surface area contributed by atoms with Gasteiger partial charge in [-0.1, -0.05) is 24.6 Å². The highest BCUT2D eigenvalue weighted by molar-refractivity contribution is 6.30. The molecule has 1 unspecified atom stereocenters. The molecular weight excluding hydrogens is 268 g/mol. The largest absolute Gasteiger partial charge is 0.480 e. The van der Waals surface area contributed by atoms with Crippen molar-refractivity contribution in [2.45, 2.75) is 13.3 Å². The Labute approximate surface area is 117 Å². The number of anilines is 1. The van der Waals surface area contributed by atoms with Crippen LogP contribution in [-0.4, -0.2) is 30.1 Å². The number of amides is 1.